The van der Waals surface area contributed by atoms with Crippen molar-refractivity contribution in [3.8, 4) is 5.88 Å². The lowest BCUT2D eigenvalue weighted by molar-refractivity contribution is -0.192. The van der Waals surface area contributed by atoms with Crippen LogP contribution in [0.2, 0.25) is 0 Å². The van der Waals surface area contributed by atoms with Crippen molar-refractivity contribution in [3.63, 3.8) is 0 Å². The maximum absolute atomic E-state index is 13.7. The van der Waals surface area contributed by atoms with Gasteiger partial charge in [0.1, 0.15) is 0 Å². The Balaban J connectivity index is 0.000000339. The summed E-state index contributed by atoms with van der Waals surface area (Å²) in [6.07, 6.45) is 1.41. The van der Waals surface area contributed by atoms with E-state index in [0.717, 1.165) is 24.8 Å². The summed E-state index contributed by atoms with van der Waals surface area (Å²) < 4.78 is 56.8. The number of fused-ring (bicyclic) bond motifs is 1. The monoisotopic (exact) mass is 446 g/mol. The van der Waals surface area contributed by atoms with E-state index in [-0.39, 0.29) is 23.1 Å². The van der Waals surface area contributed by atoms with Crippen molar-refractivity contribution in [2.75, 3.05) is 32.9 Å². The van der Waals surface area contributed by atoms with Crippen LogP contribution in [0.25, 0.3) is 0 Å². The summed E-state index contributed by atoms with van der Waals surface area (Å²) in [5.41, 5.74) is 0.668. The van der Waals surface area contributed by atoms with Gasteiger partial charge in [-0.2, -0.15) is 13.2 Å². The van der Waals surface area contributed by atoms with Crippen molar-refractivity contribution in [2.45, 2.75) is 25.4 Å². The number of carboxylic acids is 1. The van der Waals surface area contributed by atoms with Crippen LogP contribution in [-0.2, 0) is 14.3 Å². The van der Waals surface area contributed by atoms with E-state index >= 15 is 0 Å². The predicted molar refractivity (Wildman–Crippen MR) is 98.6 cm³/mol. The smallest absolute Gasteiger partial charge is 0.475 e. The average Bonchev–Trinajstić information content (AvgIpc) is 3.43. The number of alkyl halides is 3. The number of likely N-dealkylation sites (tertiary alicyclic amines) is 1. The van der Waals surface area contributed by atoms with Crippen LogP contribution in [0, 0.1) is 17.2 Å². The Hall–Kier alpha value is -2.69. The first-order valence-corrected chi connectivity index (χ1v) is 9.72. The van der Waals surface area contributed by atoms with Gasteiger partial charge in [-0.15, -0.1) is 0 Å². The normalized spacial score (nSPS) is 24.8. The molecule has 7 nitrogen and oxygen atoms in total. The number of carboxylic acid groups (broad SMARTS) is 1. The number of pyridine rings is 1. The lowest BCUT2D eigenvalue weighted by Gasteiger charge is -2.27. The minimum atomic E-state index is -5.08. The summed E-state index contributed by atoms with van der Waals surface area (Å²) in [5.74, 6) is -2.83. The second-order valence-corrected chi connectivity index (χ2v) is 7.76. The van der Waals surface area contributed by atoms with Crippen molar-refractivity contribution in [1.29, 1.82) is 0 Å². The largest absolute Gasteiger partial charge is 0.490 e. The molecule has 0 bridgehead atoms. The molecular formula is C20H22F4N2O5. The van der Waals surface area contributed by atoms with Crippen molar-refractivity contribution >= 4 is 11.9 Å². The summed E-state index contributed by atoms with van der Waals surface area (Å²) in [5, 5.41) is 7.12. The molecule has 1 aliphatic carbocycles. The molecule has 2 atom stereocenters. The van der Waals surface area contributed by atoms with Crippen LogP contribution >= 0.6 is 0 Å². The molecule has 0 aromatic carbocycles. The first-order valence-electron chi connectivity index (χ1n) is 9.72. The number of halogens is 4. The van der Waals surface area contributed by atoms with Crippen molar-refractivity contribution in [1.82, 2.24) is 9.88 Å². The minimum Gasteiger partial charge on any atom is -0.475 e. The number of ether oxygens (including phenoxy) is 2. The number of carbonyl (C=O) groups excluding carboxylic acids is 1. The molecule has 2 saturated heterocycles. The van der Waals surface area contributed by atoms with Crippen molar-refractivity contribution < 1.29 is 41.7 Å². The van der Waals surface area contributed by atoms with Gasteiger partial charge in [-0.25, -0.2) is 14.2 Å². The molecule has 1 aromatic heterocycles. The molecule has 1 aromatic rings. The molecule has 0 unspecified atom stereocenters. The topological polar surface area (TPSA) is 89.0 Å². The minimum absolute atomic E-state index is 0.0146. The zero-order valence-corrected chi connectivity index (χ0v) is 16.5. The first-order chi connectivity index (χ1) is 14.6. The van der Waals surface area contributed by atoms with Gasteiger partial charge in [-0.05, 0) is 31.4 Å². The Kier molecular flexibility index (Phi) is 6.83. The number of aliphatic carboxylic acids is 1. The quantitative estimate of drug-likeness (QED) is 0.716. The third-order valence-corrected chi connectivity index (χ3v) is 5.59. The van der Waals surface area contributed by atoms with E-state index in [4.69, 9.17) is 19.4 Å². The van der Waals surface area contributed by atoms with E-state index in [1.807, 2.05) is 4.90 Å². The molecule has 4 rings (SSSR count). The molecule has 1 N–H and O–H groups in total. The number of rotatable bonds is 4. The highest BCUT2D eigenvalue weighted by Gasteiger charge is 2.52. The highest BCUT2D eigenvalue weighted by molar-refractivity contribution is 5.94. The Bertz CT molecular complexity index is 860. The van der Waals surface area contributed by atoms with Crippen LogP contribution < -0.4 is 4.74 Å². The van der Waals surface area contributed by atoms with Crippen LogP contribution in [0.3, 0.4) is 0 Å². The van der Waals surface area contributed by atoms with E-state index in [1.165, 1.54) is 18.3 Å². The molecule has 3 aliphatic rings. The van der Waals surface area contributed by atoms with Gasteiger partial charge in [0.05, 0.1) is 25.2 Å². The average molecular weight is 446 g/mol. The van der Waals surface area contributed by atoms with Gasteiger partial charge in [0, 0.05) is 30.8 Å². The Morgan fingerprint density at radius 1 is 1.39 bits per heavy atom. The predicted octanol–water partition coefficient (Wildman–Crippen LogP) is 2.82. The van der Waals surface area contributed by atoms with Crippen LogP contribution in [0.5, 0.6) is 5.88 Å². The summed E-state index contributed by atoms with van der Waals surface area (Å²) in [4.78, 5) is 27.4. The summed E-state index contributed by atoms with van der Waals surface area (Å²) >= 11 is 0. The second kappa shape index (κ2) is 9.21. The molecule has 31 heavy (non-hydrogen) atoms. The van der Waals surface area contributed by atoms with E-state index < -0.39 is 18.0 Å². The summed E-state index contributed by atoms with van der Waals surface area (Å²) in [6, 6.07) is 2.87. The highest BCUT2D eigenvalue weighted by Crippen LogP contribution is 2.42. The standard InChI is InChI=1S/C18H21FN2O3.C2HF3O2/c19-15-6-3-7-20-16(15)24-12-18-10-21(8-14(18)9-23-11-18)17(22)13-4-1-2-5-13;3-2(4,5)1(6)7/h3-4,6-7,14H,1-2,5,8-12H2;(H,6,7)/t14-,18+;/m1./s1. The van der Waals surface area contributed by atoms with Crippen LogP contribution in [-0.4, -0.2) is 66.0 Å². The Morgan fingerprint density at radius 3 is 2.74 bits per heavy atom. The van der Waals surface area contributed by atoms with E-state index in [0.29, 0.717) is 32.9 Å². The van der Waals surface area contributed by atoms with Gasteiger partial charge in [0.15, 0.2) is 5.82 Å². The van der Waals surface area contributed by atoms with Crippen LogP contribution in [0.1, 0.15) is 19.3 Å². The molecule has 0 radical (unpaired) electrons. The molecule has 11 heteroatoms. The SMILES string of the molecule is O=C(C1=CCCC1)N1C[C@@H]2COC[C@]2(COc2ncccc2F)C1.O=C(O)C(F)(F)F. The first kappa shape index (κ1) is 23.0. The number of aromatic nitrogens is 1. The molecular weight excluding hydrogens is 424 g/mol. The van der Waals surface area contributed by atoms with Crippen molar-refractivity contribution in [3.05, 3.63) is 35.8 Å². The lowest BCUT2D eigenvalue weighted by atomic mass is 9.82. The van der Waals surface area contributed by atoms with Crippen molar-refractivity contribution in [2.24, 2.45) is 11.3 Å². The van der Waals surface area contributed by atoms with Crippen LogP contribution in [0.15, 0.2) is 30.0 Å². The third-order valence-electron chi connectivity index (χ3n) is 5.59. The fraction of sp³-hybridized carbons (Fsp3) is 0.550. The van der Waals surface area contributed by atoms with E-state index in [2.05, 4.69) is 11.1 Å². The fourth-order valence-corrected chi connectivity index (χ4v) is 3.95. The fourth-order valence-electron chi connectivity index (χ4n) is 3.95. The van der Waals surface area contributed by atoms with Gasteiger partial charge in [0.25, 0.3) is 0 Å². The number of allylic oxidation sites excluding steroid dienone is 1. The highest BCUT2D eigenvalue weighted by atomic mass is 19.4. The Labute approximate surface area is 175 Å². The maximum atomic E-state index is 13.7. The van der Waals surface area contributed by atoms with E-state index in [9.17, 15) is 22.4 Å². The maximum Gasteiger partial charge on any atom is 0.490 e. The van der Waals surface area contributed by atoms with Gasteiger partial charge >= 0.3 is 12.1 Å². The van der Waals surface area contributed by atoms with Gasteiger partial charge in [-0.3, -0.25) is 4.79 Å². The summed E-state index contributed by atoms with van der Waals surface area (Å²) in [7, 11) is 0. The summed E-state index contributed by atoms with van der Waals surface area (Å²) in [6.45, 7) is 2.76. The van der Waals surface area contributed by atoms with Gasteiger partial charge in [0.2, 0.25) is 11.8 Å². The number of hydrogen-bond donors (Lipinski definition) is 1. The molecule has 1 amide bonds. The molecule has 3 heterocycles. The number of nitrogens with zero attached hydrogens (tertiary/aromatic N) is 2. The van der Waals surface area contributed by atoms with Gasteiger partial charge < -0.3 is 19.5 Å². The molecule has 2 aliphatic heterocycles. The number of carbonyl (C=O) groups is 2. The molecule has 170 valence electrons. The van der Waals surface area contributed by atoms with Crippen LogP contribution in [0.4, 0.5) is 17.6 Å². The van der Waals surface area contributed by atoms with Gasteiger partial charge in [-0.1, -0.05) is 6.08 Å². The Morgan fingerprint density at radius 2 is 2.13 bits per heavy atom. The molecule has 0 spiro atoms. The number of hydrogen-bond acceptors (Lipinski definition) is 5. The second-order valence-electron chi connectivity index (χ2n) is 7.76. The molecule has 0 saturated carbocycles. The molecule has 2 fully saturated rings. The number of amides is 1. The zero-order valence-electron chi connectivity index (χ0n) is 16.5. The third kappa shape index (κ3) is 5.33. The van der Waals surface area contributed by atoms with E-state index in [1.54, 1.807) is 0 Å². The zero-order chi connectivity index (χ0) is 22.6. The lowest BCUT2D eigenvalue weighted by Crippen LogP contribution is -2.38.